The van der Waals surface area contributed by atoms with E-state index in [-0.39, 0.29) is 40.3 Å². The number of hydrogen-bond donors (Lipinski definition) is 2. The molecule has 3 aromatic carbocycles. The summed E-state index contributed by atoms with van der Waals surface area (Å²) in [7, 11) is -6.32. The van der Waals surface area contributed by atoms with E-state index in [2.05, 4.69) is 61.6 Å². The number of aliphatic hydroxyl groups excluding tert-OH is 2. The Bertz CT molecular complexity index is 1760. The molecule has 0 bridgehead atoms. The van der Waals surface area contributed by atoms with Crippen LogP contribution in [0.2, 0.25) is 0 Å². The van der Waals surface area contributed by atoms with Gasteiger partial charge in [-0.25, -0.2) is 0 Å². The Morgan fingerprint density at radius 2 is 0.532 bits per heavy atom. The zero-order valence-electron chi connectivity index (χ0n) is 49.5. The molecule has 0 aliphatic heterocycles. The number of hydrogen-bond acceptors (Lipinski definition) is 11. The van der Waals surface area contributed by atoms with Crippen LogP contribution in [0, 0.1) is 12.3 Å². The van der Waals surface area contributed by atoms with Gasteiger partial charge in [-0.1, -0.05) is 331 Å². The fourth-order valence-corrected chi connectivity index (χ4v) is 9.75. The van der Waals surface area contributed by atoms with Crippen molar-refractivity contribution in [3.8, 4) is 0 Å². The van der Waals surface area contributed by atoms with Gasteiger partial charge in [0, 0.05) is 21.7 Å². The standard InChI is InChI=1S/3C18H29O2S.C5H11.2C3H6O.Ti/c3*1-2-3-4-5-6-7-8-9-10-11-14-17-15-12-13-16-18(17)21(19)20;1-5(2,3)4;2*1-2-3-4;/h3*12-13,15-16H,2-11,14H2,1H3;1H2,2-4H3;2*2,4H,1,3H2;/q4*-1;;;. The summed E-state index contributed by atoms with van der Waals surface area (Å²) in [6.07, 6.45) is 44.7. The zero-order valence-corrected chi connectivity index (χ0v) is 53.5. The molecule has 12 heteroatoms. The number of benzene rings is 3. The second-order valence-electron chi connectivity index (χ2n) is 20.8. The second-order valence-corrected chi connectivity index (χ2v) is 23.6. The third kappa shape index (κ3) is 58.1. The largest absolute Gasteiger partial charge is 0.420 e. The first-order valence-corrected chi connectivity index (χ1v) is 32.6. The van der Waals surface area contributed by atoms with Crippen molar-refractivity contribution >= 4 is 32.1 Å². The summed E-state index contributed by atoms with van der Waals surface area (Å²) in [5, 5.41) is 15.5. The van der Waals surface area contributed by atoms with E-state index in [0.717, 1.165) is 55.2 Å². The van der Waals surface area contributed by atoms with E-state index >= 15 is 0 Å². The van der Waals surface area contributed by atoms with E-state index in [1.165, 1.54) is 186 Å². The zero-order chi connectivity index (χ0) is 57.3. The van der Waals surface area contributed by atoms with Gasteiger partial charge >= 0.3 is 0 Å². The van der Waals surface area contributed by atoms with Gasteiger partial charge in [-0.15, -0.1) is 13.2 Å². The first-order valence-electron chi connectivity index (χ1n) is 29.4. The molecule has 3 aromatic rings. The van der Waals surface area contributed by atoms with Crippen LogP contribution in [0.1, 0.15) is 251 Å². The number of aryl methyl sites for hydroxylation is 3. The molecule has 3 rings (SSSR count). The SMILES string of the molecule is C=CCO.C=CCO.CCCCCCCCCCCCc1ccccc1[S-](=O)=O.CCCCCCCCCCCCc1ccccc1[S-](=O)=O.CCCCCCCCCCCCc1ccccc1[S-](=O)=O.[CH2-]C(C)(C)C.[Ti]. The average Bonchev–Trinajstić information content (AvgIpc) is 3.40. The van der Waals surface area contributed by atoms with Crippen LogP contribution in [0.4, 0.5) is 0 Å². The summed E-state index contributed by atoms with van der Waals surface area (Å²) in [5.41, 5.74) is 3.14. The Labute approximate surface area is 494 Å². The second kappa shape index (κ2) is 61.2. The van der Waals surface area contributed by atoms with Crippen LogP contribution in [-0.2, 0) is 98.3 Å². The van der Waals surface area contributed by atoms with Gasteiger partial charge in [-0.2, -0.15) is 5.41 Å². The number of unbranched alkanes of at least 4 members (excludes halogenated alkanes) is 27. The molecule has 0 aliphatic rings. The van der Waals surface area contributed by atoms with Gasteiger partial charge in [0.15, 0.2) is 0 Å². The van der Waals surface area contributed by atoms with Crippen LogP contribution < -0.4 is 0 Å². The smallest absolute Gasteiger partial charge is 0.0609 e. The van der Waals surface area contributed by atoms with Crippen molar-refractivity contribution in [2.24, 2.45) is 5.41 Å². The molecule has 0 aromatic heterocycles. The molecule has 0 heterocycles. The van der Waals surface area contributed by atoms with E-state index in [1.54, 1.807) is 36.4 Å². The maximum absolute atomic E-state index is 11.1. The van der Waals surface area contributed by atoms with E-state index in [1.807, 2.05) is 36.4 Å². The van der Waals surface area contributed by atoms with Crippen molar-refractivity contribution in [3.63, 3.8) is 0 Å². The van der Waals surface area contributed by atoms with Crippen molar-refractivity contribution in [2.45, 2.75) is 268 Å². The van der Waals surface area contributed by atoms with Crippen LogP contribution in [0.15, 0.2) is 113 Å². The Morgan fingerprint density at radius 1 is 0.377 bits per heavy atom. The van der Waals surface area contributed by atoms with Gasteiger partial charge in [0.1, 0.15) is 0 Å². The molecule has 0 amide bonds. The van der Waals surface area contributed by atoms with E-state index in [0.29, 0.717) is 14.7 Å². The molecule has 0 spiro atoms. The molecule has 0 atom stereocenters. The van der Waals surface area contributed by atoms with Gasteiger partial charge in [0.2, 0.25) is 0 Å². The molecule has 0 fully saturated rings. The molecule has 444 valence electrons. The van der Waals surface area contributed by atoms with Crippen LogP contribution in [-0.4, -0.2) is 23.4 Å². The monoisotopic (exact) mass is 1160 g/mol. The van der Waals surface area contributed by atoms with E-state index in [9.17, 15) is 25.3 Å². The van der Waals surface area contributed by atoms with Crippen molar-refractivity contribution in [1.82, 2.24) is 0 Å². The van der Waals surface area contributed by atoms with E-state index < -0.39 is 32.1 Å². The summed E-state index contributed by atoms with van der Waals surface area (Å²) >= 11 is 0. The topological polar surface area (TPSA) is 143 Å². The quantitative estimate of drug-likeness (QED) is 0.0190. The molecule has 0 unspecified atom stereocenters. The number of aliphatic hydroxyl groups is 2. The van der Waals surface area contributed by atoms with Gasteiger partial charge in [-0.05, 0) is 70.6 Å². The third-order valence-corrected chi connectivity index (χ3v) is 14.4. The Kier molecular flexibility index (Phi) is 64.5. The Hall–Kier alpha value is -2.38. The van der Waals surface area contributed by atoms with E-state index in [4.69, 9.17) is 10.2 Å². The number of rotatable bonds is 38. The minimum Gasteiger partial charge on any atom is -0.420 e. The summed E-state index contributed by atoms with van der Waals surface area (Å²) in [4.78, 5) is 1.40. The first kappa shape index (κ1) is 81.1. The fourth-order valence-electron chi connectivity index (χ4n) is 8.03. The van der Waals surface area contributed by atoms with Crippen LogP contribution in [0.25, 0.3) is 0 Å². The molecule has 8 nitrogen and oxygen atoms in total. The van der Waals surface area contributed by atoms with Crippen molar-refractivity contribution in [2.75, 3.05) is 13.2 Å². The minimum atomic E-state index is -2.11. The molecule has 2 N–H and O–H groups in total. The predicted octanol–water partition coefficient (Wildman–Crippen LogP) is 19.6. The van der Waals surface area contributed by atoms with Crippen molar-refractivity contribution in [3.05, 3.63) is 122 Å². The summed E-state index contributed by atoms with van der Waals surface area (Å²) in [6, 6.07) is 22.0. The Morgan fingerprint density at radius 3 is 0.688 bits per heavy atom. The van der Waals surface area contributed by atoms with Crippen LogP contribution in [0.5, 0.6) is 0 Å². The van der Waals surface area contributed by atoms with Crippen molar-refractivity contribution in [1.29, 1.82) is 0 Å². The fraction of sp³-hybridized carbons (Fsp3) is 0.646. The average molecular weight is 1160 g/mol. The third-order valence-electron chi connectivity index (χ3n) is 12.1. The molecular weight excluding hydrogens is 1050 g/mol. The summed E-state index contributed by atoms with van der Waals surface area (Å²) in [5.74, 6) is 0. The van der Waals surface area contributed by atoms with Crippen LogP contribution >= 0.6 is 0 Å². The predicted molar refractivity (Wildman–Crippen MR) is 326 cm³/mol. The molecule has 0 saturated carbocycles. The maximum Gasteiger partial charge on any atom is 0.0609 e. The molecule has 0 saturated heterocycles. The molecular formula is C65H110O8S3Ti-4. The van der Waals surface area contributed by atoms with Gasteiger partial charge in [0.05, 0.1) is 13.2 Å². The summed E-state index contributed by atoms with van der Waals surface area (Å²) in [6.45, 7) is 23.4. The molecule has 0 aliphatic carbocycles. The van der Waals surface area contributed by atoms with Gasteiger partial charge in [-0.3, -0.25) is 0 Å². The van der Waals surface area contributed by atoms with Gasteiger partial charge < -0.3 is 42.4 Å². The van der Waals surface area contributed by atoms with Crippen LogP contribution in [0.3, 0.4) is 0 Å². The minimum absolute atomic E-state index is 0. The summed E-state index contributed by atoms with van der Waals surface area (Å²) < 4.78 is 66.6. The normalized spacial score (nSPS) is 10.5. The molecule has 0 radical (unpaired) electrons. The first-order chi connectivity index (χ1) is 36.6. The van der Waals surface area contributed by atoms with Crippen molar-refractivity contribution < 1.29 is 57.2 Å². The maximum atomic E-state index is 11.1. The Balaban J connectivity index is -0.000000461. The molecule has 77 heavy (non-hydrogen) atoms. The van der Waals surface area contributed by atoms with Gasteiger partial charge in [0.25, 0.3) is 0 Å².